The molecule has 8 nitrogen and oxygen atoms in total. The monoisotopic (exact) mass is 470 g/mol. The number of carbonyl (C=O) groups is 1. The number of methoxy groups -OCH3 is 3. The molecule has 0 aliphatic carbocycles. The summed E-state index contributed by atoms with van der Waals surface area (Å²) < 4.78 is 23.1. The molecular weight excluding hydrogens is 444 g/mol. The third-order valence-corrected chi connectivity index (χ3v) is 6.62. The van der Waals surface area contributed by atoms with Crippen LogP contribution >= 0.6 is 11.8 Å². The lowest BCUT2D eigenvalue weighted by molar-refractivity contribution is 0.0601. The van der Waals surface area contributed by atoms with E-state index in [1.807, 2.05) is 18.2 Å². The highest BCUT2D eigenvalue weighted by Crippen LogP contribution is 2.31. The van der Waals surface area contributed by atoms with Crippen molar-refractivity contribution >= 4 is 28.6 Å². The van der Waals surface area contributed by atoms with Gasteiger partial charge >= 0.3 is 5.97 Å². The molecule has 1 unspecified atom stereocenters. The van der Waals surface area contributed by atoms with Crippen LogP contribution < -0.4 is 15.0 Å². The molecule has 3 aromatic rings. The Morgan fingerprint density at radius 3 is 2.73 bits per heavy atom. The summed E-state index contributed by atoms with van der Waals surface area (Å²) in [6.45, 7) is 1.13. The number of ether oxygens (including phenoxy) is 4. The highest BCUT2D eigenvalue weighted by molar-refractivity contribution is 7.98. The lowest BCUT2D eigenvalue weighted by atomic mass is 10.1. The molecule has 2 heterocycles. The Morgan fingerprint density at radius 1 is 1.18 bits per heavy atom. The molecule has 0 N–H and O–H groups in total. The normalized spacial score (nSPS) is 15.5. The smallest absolute Gasteiger partial charge is 0.337 e. The molecule has 1 aliphatic rings. The average molecular weight is 471 g/mol. The summed E-state index contributed by atoms with van der Waals surface area (Å²) in [4.78, 5) is 30.2. The lowest BCUT2D eigenvalue weighted by Gasteiger charge is -2.17. The van der Waals surface area contributed by atoms with Gasteiger partial charge in [0.2, 0.25) is 0 Å². The van der Waals surface area contributed by atoms with E-state index in [0.29, 0.717) is 40.5 Å². The quantitative estimate of drug-likeness (QED) is 0.280. The van der Waals surface area contributed by atoms with E-state index in [-0.39, 0.29) is 11.7 Å². The van der Waals surface area contributed by atoms with Crippen molar-refractivity contribution in [3.8, 4) is 11.5 Å². The summed E-state index contributed by atoms with van der Waals surface area (Å²) in [5, 5.41) is 0.999. The van der Waals surface area contributed by atoms with E-state index < -0.39 is 5.97 Å². The van der Waals surface area contributed by atoms with E-state index in [2.05, 4.69) is 0 Å². The summed E-state index contributed by atoms with van der Waals surface area (Å²) in [6, 6.07) is 10.4. The number of rotatable bonds is 8. The fourth-order valence-corrected chi connectivity index (χ4v) is 4.83. The Labute approximate surface area is 195 Å². The first-order valence-electron chi connectivity index (χ1n) is 10.6. The molecule has 1 atom stereocenters. The van der Waals surface area contributed by atoms with Crippen LogP contribution in [0.2, 0.25) is 0 Å². The van der Waals surface area contributed by atoms with E-state index in [1.165, 1.54) is 18.9 Å². The minimum absolute atomic E-state index is 0.0259. The zero-order valence-corrected chi connectivity index (χ0v) is 19.6. The topological polar surface area (TPSA) is 88.9 Å². The second-order valence-corrected chi connectivity index (χ2v) is 8.58. The molecule has 0 spiro atoms. The summed E-state index contributed by atoms with van der Waals surface area (Å²) in [7, 11) is 4.55. The molecule has 4 rings (SSSR count). The molecule has 1 aliphatic heterocycles. The van der Waals surface area contributed by atoms with Crippen molar-refractivity contribution in [2.45, 2.75) is 36.4 Å². The van der Waals surface area contributed by atoms with E-state index >= 15 is 0 Å². The number of aromatic nitrogens is 2. The van der Waals surface area contributed by atoms with Crippen LogP contribution in [0.5, 0.6) is 11.5 Å². The molecule has 0 bridgehead atoms. The van der Waals surface area contributed by atoms with Crippen LogP contribution in [0, 0.1) is 0 Å². The first-order chi connectivity index (χ1) is 16.0. The van der Waals surface area contributed by atoms with Gasteiger partial charge in [0, 0.05) is 17.9 Å². The number of thioether (sulfide) groups is 1. The van der Waals surface area contributed by atoms with Crippen molar-refractivity contribution in [3.63, 3.8) is 0 Å². The molecule has 0 amide bonds. The van der Waals surface area contributed by atoms with Gasteiger partial charge in [-0.05, 0) is 49.2 Å². The SMILES string of the molecule is COC(=O)c1ccc2c(=O)n(CC3CCCO3)c(SCc3cc(OC)ccc3OC)nc2c1. The number of esters is 1. The highest BCUT2D eigenvalue weighted by atomic mass is 32.2. The predicted molar refractivity (Wildman–Crippen MR) is 125 cm³/mol. The van der Waals surface area contributed by atoms with Crippen molar-refractivity contribution < 1.29 is 23.7 Å². The Balaban J connectivity index is 1.75. The van der Waals surface area contributed by atoms with Crippen LogP contribution in [-0.4, -0.2) is 49.6 Å². The van der Waals surface area contributed by atoms with Crippen LogP contribution in [0.15, 0.2) is 46.3 Å². The summed E-state index contributed by atoms with van der Waals surface area (Å²) >= 11 is 1.43. The number of hydrogen-bond acceptors (Lipinski definition) is 8. The molecule has 1 aromatic heterocycles. The fraction of sp³-hybridized carbons (Fsp3) is 0.375. The highest BCUT2D eigenvalue weighted by Gasteiger charge is 2.21. The minimum Gasteiger partial charge on any atom is -0.497 e. The number of carbonyl (C=O) groups excluding carboxylic acids is 1. The second-order valence-electron chi connectivity index (χ2n) is 7.64. The molecule has 1 fully saturated rings. The van der Waals surface area contributed by atoms with Crippen molar-refractivity contribution in [1.82, 2.24) is 9.55 Å². The van der Waals surface area contributed by atoms with Crippen molar-refractivity contribution in [1.29, 1.82) is 0 Å². The van der Waals surface area contributed by atoms with E-state index in [0.717, 1.165) is 29.9 Å². The van der Waals surface area contributed by atoms with Gasteiger partial charge in [0.25, 0.3) is 5.56 Å². The largest absolute Gasteiger partial charge is 0.497 e. The van der Waals surface area contributed by atoms with E-state index in [9.17, 15) is 9.59 Å². The van der Waals surface area contributed by atoms with Crippen LogP contribution in [0.1, 0.15) is 28.8 Å². The van der Waals surface area contributed by atoms with Crippen LogP contribution in [0.25, 0.3) is 10.9 Å². The molecule has 0 saturated carbocycles. The Kier molecular flexibility index (Phi) is 7.20. The molecule has 0 radical (unpaired) electrons. The molecule has 1 saturated heterocycles. The Morgan fingerprint density at radius 2 is 2.03 bits per heavy atom. The zero-order valence-electron chi connectivity index (χ0n) is 18.8. The molecule has 174 valence electrons. The molecular formula is C24H26N2O6S. The summed E-state index contributed by atoms with van der Waals surface area (Å²) in [5.41, 5.74) is 1.56. The van der Waals surface area contributed by atoms with Gasteiger partial charge in [-0.3, -0.25) is 9.36 Å². The number of benzene rings is 2. The second kappa shape index (κ2) is 10.3. The summed E-state index contributed by atoms with van der Waals surface area (Å²) in [5.74, 6) is 1.49. The van der Waals surface area contributed by atoms with Gasteiger partial charge in [-0.1, -0.05) is 11.8 Å². The first kappa shape index (κ1) is 23.1. The van der Waals surface area contributed by atoms with Gasteiger partial charge in [0.05, 0.1) is 50.4 Å². The van der Waals surface area contributed by atoms with Gasteiger partial charge in [0.1, 0.15) is 11.5 Å². The maximum Gasteiger partial charge on any atom is 0.337 e. The minimum atomic E-state index is -0.474. The van der Waals surface area contributed by atoms with Gasteiger partial charge in [-0.2, -0.15) is 0 Å². The van der Waals surface area contributed by atoms with Crippen molar-refractivity contribution in [2.75, 3.05) is 27.9 Å². The third-order valence-electron chi connectivity index (χ3n) is 5.60. The Hall–Kier alpha value is -3.04. The van der Waals surface area contributed by atoms with Gasteiger partial charge in [-0.15, -0.1) is 0 Å². The number of fused-ring (bicyclic) bond motifs is 1. The maximum absolute atomic E-state index is 13.4. The van der Waals surface area contributed by atoms with E-state index in [4.69, 9.17) is 23.9 Å². The lowest BCUT2D eigenvalue weighted by Crippen LogP contribution is -2.29. The third kappa shape index (κ3) is 4.99. The van der Waals surface area contributed by atoms with Gasteiger partial charge in [-0.25, -0.2) is 9.78 Å². The number of nitrogens with zero attached hydrogens (tertiary/aromatic N) is 2. The summed E-state index contributed by atoms with van der Waals surface area (Å²) in [6.07, 6.45) is 1.85. The standard InChI is InChI=1S/C24H26N2O6S/c1-29-17-7-9-21(30-2)16(11-17)14-33-24-25-20-12-15(23(28)31-3)6-8-19(20)22(27)26(24)13-18-5-4-10-32-18/h6-9,11-12,18H,4-5,10,13-14H2,1-3H3. The van der Waals surface area contributed by atoms with Crippen molar-refractivity contribution in [2.24, 2.45) is 0 Å². The zero-order chi connectivity index (χ0) is 23.4. The van der Waals surface area contributed by atoms with Crippen molar-refractivity contribution in [3.05, 3.63) is 57.9 Å². The van der Waals surface area contributed by atoms with Crippen LogP contribution in [0.4, 0.5) is 0 Å². The fourth-order valence-electron chi connectivity index (χ4n) is 3.85. The molecule has 2 aromatic carbocycles. The molecule has 9 heteroatoms. The first-order valence-corrected chi connectivity index (χ1v) is 11.6. The van der Waals surface area contributed by atoms with Gasteiger partial charge < -0.3 is 18.9 Å². The van der Waals surface area contributed by atoms with Crippen LogP contribution in [0.3, 0.4) is 0 Å². The Bertz CT molecular complexity index is 1220. The average Bonchev–Trinajstić information content (AvgIpc) is 3.37. The number of hydrogen-bond donors (Lipinski definition) is 0. The maximum atomic E-state index is 13.4. The van der Waals surface area contributed by atoms with Crippen LogP contribution in [-0.2, 0) is 21.8 Å². The van der Waals surface area contributed by atoms with Gasteiger partial charge in [0.15, 0.2) is 5.16 Å². The predicted octanol–water partition coefficient (Wildman–Crippen LogP) is 3.67. The van der Waals surface area contributed by atoms with E-state index in [1.54, 1.807) is 37.0 Å². The molecule has 33 heavy (non-hydrogen) atoms.